The molecule has 0 amide bonds. The van der Waals surface area contributed by atoms with Gasteiger partial charge in [0.15, 0.2) is 0 Å². The number of aliphatic hydroxyl groups excluding tert-OH is 3. The molecule has 0 aromatic rings. The first-order valence-electron chi connectivity index (χ1n) is 17.3. The van der Waals surface area contributed by atoms with Crippen LogP contribution in [0.5, 0.6) is 0 Å². The van der Waals surface area contributed by atoms with Gasteiger partial charge in [0, 0.05) is 36.7 Å². The maximum absolute atomic E-state index is 10.9. The molecule has 2 aliphatic carbocycles. The highest BCUT2D eigenvalue weighted by Crippen LogP contribution is 2.66. The van der Waals surface area contributed by atoms with Gasteiger partial charge < -0.3 is 25.2 Å². The molecular formula is C40H64O5. The van der Waals surface area contributed by atoms with Gasteiger partial charge in [-0.2, -0.15) is 0 Å². The molecule has 3 rings (SSSR count). The molecule has 2 saturated carbocycles. The lowest BCUT2D eigenvalue weighted by atomic mass is 9.61. The van der Waals surface area contributed by atoms with Crippen LogP contribution in [0.3, 0.4) is 0 Å². The average Bonchev–Trinajstić information content (AvgIpc) is 3.52. The van der Waals surface area contributed by atoms with Crippen molar-refractivity contribution in [2.24, 2.45) is 40.4 Å². The Kier molecular flexibility index (Phi) is 12.6. The van der Waals surface area contributed by atoms with Gasteiger partial charge in [-0.1, -0.05) is 121 Å². The molecule has 5 unspecified atom stereocenters. The maximum atomic E-state index is 10.9. The molecular weight excluding hydrogens is 560 g/mol. The molecule has 1 saturated heterocycles. The van der Waals surface area contributed by atoms with E-state index in [2.05, 4.69) is 128 Å². The topological polar surface area (TPSA) is 93.5 Å². The van der Waals surface area contributed by atoms with Gasteiger partial charge in [0.05, 0.1) is 17.8 Å². The van der Waals surface area contributed by atoms with E-state index in [1.807, 2.05) is 6.92 Å². The molecule has 0 spiro atoms. The standard InChI is InChI=1S/C40H64O5/c1-29(16-12-17-31(3)20-21-35-36(4,5)24-33(42)26-38(35,8)44)14-10-11-15-30(2)18-13-19-32(28-41)22-23-40-37(6,7)25-34(43)27-39(40,9)45-40/h10-15,17-18,20-23,29-35,41-44H,16,19,24-28H2,1-9H3/b14-10+,15-11+,17-12+,18-13+,21-20?,23-22+/t29?,30?,31?,32?,33-,34-,35?,38+,39+,40-/m0/s1. The normalized spacial score (nSPS) is 37.7. The molecule has 3 aliphatic rings. The third kappa shape index (κ3) is 9.64. The number of epoxide rings is 1. The zero-order valence-electron chi connectivity index (χ0n) is 29.6. The van der Waals surface area contributed by atoms with Crippen LogP contribution in [0.4, 0.5) is 0 Å². The van der Waals surface area contributed by atoms with E-state index in [4.69, 9.17) is 4.74 Å². The zero-order chi connectivity index (χ0) is 33.7. The maximum Gasteiger partial charge on any atom is 0.121 e. The fourth-order valence-electron chi connectivity index (χ4n) is 8.24. The Morgan fingerprint density at radius 1 is 0.733 bits per heavy atom. The third-order valence-electron chi connectivity index (χ3n) is 10.7. The summed E-state index contributed by atoms with van der Waals surface area (Å²) in [5, 5.41) is 41.4. The third-order valence-corrected chi connectivity index (χ3v) is 10.7. The second-order valence-corrected chi connectivity index (χ2v) is 16.4. The van der Waals surface area contributed by atoms with Gasteiger partial charge in [0.25, 0.3) is 0 Å². The van der Waals surface area contributed by atoms with Crippen molar-refractivity contribution in [1.82, 2.24) is 0 Å². The van der Waals surface area contributed by atoms with E-state index >= 15 is 0 Å². The Balaban J connectivity index is 1.40. The van der Waals surface area contributed by atoms with Crippen molar-refractivity contribution in [3.63, 3.8) is 0 Å². The second kappa shape index (κ2) is 15.0. The molecule has 0 bridgehead atoms. The van der Waals surface area contributed by atoms with E-state index in [-0.39, 0.29) is 52.5 Å². The summed E-state index contributed by atoms with van der Waals surface area (Å²) >= 11 is 0. The van der Waals surface area contributed by atoms with Crippen LogP contribution < -0.4 is 0 Å². The van der Waals surface area contributed by atoms with E-state index in [0.29, 0.717) is 31.1 Å². The summed E-state index contributed by atoms with van der Waals surface area (Å²) < 4.78 is 6.24. The van der Waals surface area contributed by atoms with Crippen LogP contribution in [-0.2, 0) is 4.74 Å². The molecule has 0 radical (unpaired) electrons. The molecule has 4 N–H and O–H groups in total. The van der Waals surface area contributed by atoms with Crippen molar-refractivity contribution >= 4 is 0 Å². The summed E-state index contributed by atoms with van der Waals surface area (Å²) in [6.45, 7) is 19.2. The van der Waals surface area contributed by atoms with Crippen LogP contribution in [0.25, 0.3) is 0 Å². The smallest absolute Gasteiger partial charge is 0.121 e. The zero-order valence-corrected chi connectivity index (χ0v) is 29.6. The monoisotopic (exact) mass is 624 g/mol. The first kappa shape index (κ1) is 37.7. The van der Waals surface area contributed by atoms with Crippen LogP contribution in [0, 0.1) is 40.4 Å². The van der Waals surface area contributed by atoms with E-state index in [1.54, 1.807) is 0 Å². The molecule has 10 atom stereocenters. The minimum absolute atomic E-state index is 0.0163. The SMILES string of the molecule is CC(C=CC1C(C)(C)C[C@H](O)C[C@@]1(C)O)/C=C/CC(C)/C=C/C=C/C(C)/C=C/CC(/C=C/[C@@]12O[C@]1(C)C[C@@H](O)CC2(C)C)CO. The molecule has 0 aromatic carbocycles. The van der Waals surface area contributed by atoms with Crippen molar-refractivity contribution in [3.05, 3.63) is 72.9 Å². The van der Waals surface area contributed by atoms with Gasteiger partial charge in [0.1, 0.15) is 11.2 Å². The summed E-state index contributed by atoms with van der Waals surface area (Å²) in [6, 6.07) is 0. The number of fused-ring (bicyclic) bond motifs is 1. The highest BCUT2D eigenvalue weighted by atomic mass is 16.6. The largest absolute Gasteiger partial charge is 0.396 e. The molecule has 5 nitrogen and oxygen atoms in total. The van der Waals surface area contributed by atoms with Gasteiger partial charge in [-0.3, -0.25) is 0 Å². The summed E-state index contributed by atoms with van der Waals surface area (Å²) in [7, 11) is 0. The minimum Gasteiger partial charge on any atom is -0.396 e. The highest BCUT2D eigenvalue weighted by molar-refractivity contribution is 5.32. The minimum atomic E-state index is -0.895. The van der Waals surface area contributed by atoms with E-state index in [1.165, 1.54) is 0 Å². The van der Waals surface area contributed by atoms with Gasteiger partial charge in [-0.05, 0) is 62.7 Å². The lowest BCUT2D eigenvalue weighted by Crippen LogP contribution is -2.50. The van der Waals surface area contributed by atoms with Crippen LogP contribution in [0.1, 0.15) is 101 Å². The van der Waals surface area contributed by atoms with Gasteiger partial charge in [-0.25, -0.2) is 0 Å². The lowest BCUT2D eigenvalue weighted by Gasteiger charge is -2.48. The average molecular weight is 625 g/mol. The predicted molar refractivity (Wildman–Crippen MR) is 187 cm³/mol. The van der Waals surface area contributed by atoms with Gasteiger partial charge >= 0.3 is 0 Å². The summed E-state index contributed by atoms with van der Waals surface area (Å²) in [5.41, 5.74) is -1.87. The van der Waals surface area contributed by atoms with Crippen LogP contribution in [-0.4, -0.2) is 56.0 Å². The molecule has 1 heterocycles. The summed E-state index contributed by atoms with van der Waals surface area (Å²) in [4.78, 5) is 0. The van der Waals surface area contributed by atoms with Crippen molar-refractivity contribution in [2.45, 2.75) is 130 Å². The molecule has 45 heavy (non-hydrogen) atoms. The van der Waals surface area contributed by atoms with E-state index < -0.39 is 11.7 Å². The Morgan fingerprint density at radius 2 is 1.33 bits per heavy atom. The lowest BCUT2D eigenvalue weighted by molar-refractivity contribution is -0.111. The first-order chi connectivity index (χ1) is 20.9. The number of rotatable bonds is 14. The van der Waals surface area contributed by atoms with Crippen molar-refractivity contribution in [1.29, 1.82) is 0 Å². The summed E-state index contributed by atoms with van der Waals surface area (Å²) in [6.07, 6.45) is 29.6. The molecule has 1 aliphatic heterocycles. The van der Waals surface area contributed by atoms with Crippen LogP contribution in [0.15, 0.2) is 72.9 Å². The highest BCUT2D eigenvalue weighted by Gasteiger charge is 2.74. The van der Waals surface area contributed by atoms with Gasteiger partial charge in [0.2, 0.25) is 0 Å². The Hall–Kier alpha value is -1.76. The fourth-order valence-corrected chi connectivity index (χ4v) is 8.24. The number of ether oxygens (including phenoxy) is 1. The molecule has 5 heteroatoms. The second-order valence-electron chi connectivity index (χ2n) is 16.4. The number of aliphatic hydroxyl groups is 4. The Morgan fingerprint density at radius 3 is 1.96 bits per heavy atom. The first-order valence-corrected chi connectivity index (χ1v) is 17.3. The number of hydrogen-bond donors (Lipinski definition) is 4. The number of allylic oxidation sites excluding steroid dienone is 9. The number of hydrogen-bond acceptors (Lipinski definition) is 5. The Labute approximate surface area is 274 Å². The van der Waals surface area contributed by atoms with E-state index in [9.17, 15) is 20.4 Å². The van der Waals surface area contributed by atoms with Crippen molar-refractivity contribution in [3.8, 4) is 0 Å². The molecule has 3 fully saturated rings. The van der Waals surface area contributed by atoms with Crippen LogP contribution in [0.2, 0.25) is 0 Å². The van der Waals surface area contributed by atoms with Crippen molar-refractivity contribution in [2.75, 3.05) is 6.61 Å². The van der Waals surface area contributed by atoms with E-state index in [0.717, 1.165) is 19.3 Å². The fraction of sp³-hybridized carbons (Fsp3) is 0.700. The molecule has 0 aromatic heterocycles. The molecule has 254 valence electrons. The van der Waals surface area contributed by atoms with Gasteiger partial charge in [-0.15, -0.1) is 0 Å². The quantitative estimate of drug-likeness (QED) is 0.0897. The Bertz CT molecular complexity index is 1120. The van der Waals surface area contributed by atoms with Crippen LogP contribution >= 0.6 is 0 Å². The predicted octanol–water partition coefficient (Wildman–Crippen LogP) is 7.88. The van der Waals surface area contributed by atoms with Crippen molar-refractivity contribution < 1.29 is 25.2 Å². The summed E-state index contributed by atoms with van der Waals surface area (Å²) in [5.74, 6) is 1.06.